The molecule has 16 heavy (non-hydrogen) atoms. The molecule has 0 heterocycles. The van der Waals surface area contributed by atoms with Crippen LogP contribution in [0.5, 0.6) is 0 Å². The first kappa shape index (κ1) is 14.9. The molecular weight excluding hydrogens is 202 g/mol. The Kier molecular flexibility index (Phi) is 7.57. The van der Waals surface area contributed by atoms with Gasteiger partial charge in [0.1, 0.15) is 0 Å². The third-order valence-electron chi connectivity index (χ3n) is 2.94. The molecule has 1 amide bonds. The number of rotatable bonds is 7. The minimum atomic E-state index is -0.231. The van der Waals surface area contributed by atoms with Gasteiger partial charge in [-0.3, -0.25) is 9.69 Å². The van der Waals surface area contributed by atoms with Crippen LogP contribution in [0, 0.1) is 11.3 Å². The van der Waals surface area contributed by atoms with Gasteiger partial charge >= 0.3 is 0 Å². The standard InChI is InChI=1S/C12H23N3O/c1-5-11(6-2)14-12(16)10(4)15(7-3)9-8-13/h10-11H,5-7,9H2,1-4H3,(H,14,16). The van der Waals surface area contributed by atoms with E-state index in [4.69, 9.17) is 5.26 Å². The molecule has 0 aliphatic rings. The number of hydrogen-bond donors (Lipinski definition) is 1. The summed E-state index contributed by atoms with van der Waals surface area (Å²) in [4.78, 5) is 13.7. The molecule has 0 radical (unpaired) electrons. The number of carbonyl (C=O) groups excluding carboxylic acids is 1. The molecule has 0 aromatic heterocycles. The molecule has 0 saturated heterocycles. The van der Waals surface area contributed by atoms with Gasteiger partial charge in [0.25, 0.3) is 0 Å². The molecule has 0 saturated carbocycles. The highest BCUT2D eigenvalue weighted by molar-refractivity contribution is 5.81. The molecule has 0 fully saturated rings. The average Bonchev–Trinajstić information content (AvgIpc) is 2.31. The van der Waals surface area contributed by atoms with Crippen molar-refractivity contribution < 1.29 is 4.79 Å². The monoisotopic (exact) mass is 225 g/mol. The Hall–Kier alpha value is -1.08. The lowest BCUT2D eigenvalue weighted by Gasteiger charge is -2.26. The average molecular weight is 225 g/mol. The largest absolute Gasteiger partial charge is 0.352 e. The molecular formula is C12H23N3O. The summed E-state index contributed by atoms with van der Waals surface area (Å²) in [5, 5.41) is 11.6. The van der Waals surface area contributed by atoms with Crippen LogP contribution >= 0.6 is 0 Å². The fourth-order valence-corrected chi connectivity index (χ4v) is 1.59. The van der Waals surface area contributed by atoms with E-state index in [-0.39, 0.29) is 18.0 Å². The van der Waals surface area contributed by atoms with E-state index in [1.807, 2.05) is 18.7 Å². The molecule has 0 aliphatic heterocycles. The second kappa shape index (κ2) is 8.12. The Morgan fingerprint density at radius 3 is 2.31 bits per heavy atom. The zero-order chi connectivity index (χ0) is 12.6. The van der Waals surface area contributed by atoms with Gasteiger partial charge in [-0.15, -0.1) is 0 Å². The fraction of sp³-hybridized carbons (Fsp3) is 0.833. The van der Waals surface area contributed by atoms with Gasteiger partial charge < -0.3 is 5.32 Å². The van der Waals surface area contributed by atoms with E-state index in [1.54, 1.807) is 0 Å². The highest BCUT2D eigenvalue weighted by Crippen LogP contribution is 2.02. The molecule has 92 valence electrons. The van der Waals surface area contributed by atoms with Crippen molar-refractivity contribution >= 4 is 5.91 Å². The second-order valence-electron chi connectivity index (χ2n) is 3.92. The zero-order valence-corrected chi connectivity index (χ0v) is 10.8. The zero-order valence-electron chi connectivity index (χ0n) is 10.8. The van der Waals surface area contributed by atoms with Crippen LogP contribution in [-0.2, 0) is 4.79 Å². The maximum Gasteiger partial charge on any atom is 0.237 e. The quantitative estimate of drug-likeness (QED) is 0.668. The number of nitriles is 1. The van der Waals surface area contributed by atoms with Crippen molar-refractivity contribution in [2.45, 2.75) is 52.6 Å². The molecule has 0 aromatic rings. The Labute approximate surface area is 98.6 Å². The van der Waals surface area contributed by atoms with E-state index >= 15 is 0 Å². The highest BCUT2D eigenvalue weighted by Gasteiger charge is 2.21. The first-order valence-electron chi connectivity index (χ1n) is 6.01. The minimum absolute atomic E-state index is 0.0193. The summed E-state index contributed by atoms with van der Waals surface area (Å²) in [6.07, 6.45) is 1.89. The molecule has 1 N–H and O–H groups in total. The summed E-state index contributed by atoms with van der Waals surface area (Å²) in [5.74, 6) is 0.0193. The van der Waals surface area contributed by atoms with Crippen LogP contribution in [0.4, 0.5) is 0 Å². The van der Waals surface area contributed by atoms with Gasteiger partial charge in [0.2, 0.25) is 5.91 Å². The van der Waals surface area contributed by atoms with Crippen LogP contribution < -0.4 is 5.32 Å². The molecule has 1 unspecified atom stereocenters. The SMILES string of the molecule is CCC(CC)NC(=O)C(C)N(CC)CC#N. The minimum Gasteiger partial charge on any atom is -0.352 e. The number of likely N-dealkylation sites (N-methyl/N-ethyl adjacent to an activating group) is 1. The third kappa shape index (κ3) is 4.63. The second-order valence-corrected chi connectivity index (χ2v) is 3.92. The number of amides is 1. The van der Waals surface area contributed by atoms with Gasteiger partial charge in [-0.05, 0) is 26.3 Å². The molecule has 4 heteroatoms. The lowest BCUT2D eigenvalue weighted by molar-refractivity contribution is -0.126. The fourth-order valence-electron chi connectivity index (χ4n) is 1.59. The van der Waals surface area contributed by atoms with Crippen molar-refractivity contribution in [2.24, 2.45) is 0 Å². The van der Waals surface area contributed by atoms with E-state index in [1.165, 1.54) is 0 Å². The molecule has 0 spiro atoms. The summed E-state index contributed by atoms with van der Waals surface area (Å²) < 4.78 is 0. The normalized spacial score (nSPS) is 12.6. The predicted molar refractivity (Wildman–Crippen MR) is 64.8 cm³/mol. The lowest BCUT2D eigenvalue weighted by Crippen LogP contribution is -2.48. The molecule has 0 aromatic carbocycles. The van der Waals surface area contributed by atoms with E-state index in [0.29, 0.717) is 13.1 Å². The van der Waals surface area contributed by atoms with Gasteiger partial charge in [-0.2, -0.15) is 5.26 Å². The van der Waals surface area contributed by atoms with E-state index in [0.717, 1.165) is 12.8 Å². The Bertz CT molecular complexity index is 243. The van der Waals surface area contributed by atoms with E-state index < -0.39 is 0 Å². The Morgan fingerprint density at radius 2 is 1.94 bits per heavy atom. The number of carbonyl (C=O) groups is 1. The molecule has 0 bridgehead atoms. The van der Waals surface area contributed by atoms with E-state index in [2.05, 4.69) is 25.2 Å². The van der Waals surface area contributed by atoms with Gasteiger partial charge in [0.05, 0.1) is 18.7 Å². The van der Waals surface area contributed by atoms with Crippen LogP contribution in [0.1, 0.15) is 40.5 Å². The topological polar surface area (TPSA) is 56.1 Å². The van der Waals surface area contributed by atoms with Gasteiger partial charge in [-0.25, -0.2) is 0 Å². The molecule has 0 aliphatic carbocycles. The summed E-state index contributed by atoms with van der Waals surface area (Å²) in [5.41, 5.74) is 0. The van der Waals surface area contributed by atoms with E-state index in [9.17, 15) is 4.79 Å². The molecule has 4 nitrogen and oxygen atoms in total. The van der Waals surface area contributed by atoms with Crippen molar-refractivity contribution in [3.63, 3.8) is 0 Å². The Balaban J connectivity index is 4.30. The van der Waals surface area contributed by atoms with Crippen LogP contribution in [0.2, 0.25) is 0 Å². The van der Waals surface area contributed by atoms with Crippen molar-refractivity contribution in [2.75, 3.05) is 13.1 Å². The van der Waals surface area contributed by atoms with Crippen LogP contribution in [0.15, 0.2) is 0 Å². The molecule has 0 rings (SSSR count). The summed E-state index contributed by atoms with van der Waals surface area (Å²) in [7, 11) is 0. The van der Waals surface area contributed by atoms with Crippen molar-refractivity contribution in [3.05, 3.63) is 0 Å². The molecule has 1 atom stereocenters. The van der Waals surface area contributed by atoms with Crippen LogP contribution in [-0.4, -0.2) is 36.0 Å². The highest BCUT2D eigenvalue weighted by atomic mass is 16.2. The first-order chi connectivity index (χ1) is 7.60. The summed E-state index contributed by atoms with van der Waals surface area (Å²) in [6, 6.07) is 2.10. The van der Waals surface area contributed by atoms with Gasteiger partial charge in [0, 0.05) is 6.04 Å². The lowest BCUT2D eigenvalue weighted by atomic mass is 10.1. The maximum atomic E-state index is 11.9. The maximum absolute atomic E-state index is 11.9. The summed E-state index contributed by atoms with van der Waals surface area (Å²) >= 11 is 0. The van der Waals surface area contributed by atoms with Gasteiger partial charge in [0.15, 0.2) is 0 Å². The number of hydrogen-bond acceptors (Lipinski definition) is 3. The predicted octanol–water partition coefficient (Wildman–Crippen LogP) is 1.53. The Morgan fingerprint density at radius 1 is 1.38 bits per heavy atom. The number of nitrogens with one attached hydrogen (secondary N) is 1. The summed E-state index contributed by atoms with van der Waals surface area (Å²) in [6.45, 7) is 8.94. The van der Waals surface area contributed by atoms with Crippen molar-refractivity contribution in [1.29, 1.82) is 5.26 Å². The van der Waals surface area contributed by atoms with Crippen molar-refractivity contribution in [3.8, 4) is 6.07 Å². The first-order valence-corrected chi connectivity index (χ1v) is 6.01. The van der Waals surface area contributed by atoms with Crippen LogP contribution in [0.25, 0.3) is 0 Å². The van der Waals surface area contributed by atoms with Crippen molar-refractivity contribution in [1.82, 2.24) is 10.2 Å². The number of nitrogens with zero attached hydrogens (tertiary/aromatic N) is 2. The van der Waals surface area contributed by atoms with Gasteiger partial charge in [-0.1, -0.05) is 20.8 Å². The third-order valence-corrected chi connectivity index (χ3v) is 2.94. The van der Waals surface area contributed by atoms with Crippen LogP contribution in [0.3, 0.4) is 0 Å². The smallest absolute Gasteiger partial charge is 0.237 e.